The summed E-state index contributed by atoms with van der Waals surface area (Å²) in [6, 6.07) is 1.99. The first-order valence-corrected chi connectivity index (χ1v) is 4.46. The Labute approximate surface area is 78.0 Å². The maximum atomic E-state index is 9.58. The van der Waals surface area contributed by atoms with Crippen molar-refractivity contribution in [3.8, 4) is 0 Å². The molecule has 1 saturated heterocycles. The van der Waals surface area contributed by atoms with Crippen molar-refractivity contribution >= 4 is 5.69 Å². The maximum Gasteiger partial charge on any atom is 0.0967 e. The van der Waals surface area contributed by atoms with Crippen LogP contribution in [0.1, 0.15) is 12.5 Å². The highest BCUT2D eigenvalue weighted by Gasteiger charge is 2.36. The predicted molar refractivity (Wildman–Crippen MR) is 51.8 cm³/mol. The Bertz CT molecular complexity index is 314. The third-order valence-electron chi connectivity index (χ3n) is 2.39. The van der Waals surface area contributed by atoms with Crippen molar-refractivity contribution in [1.29, 1.82) is 0 Å². The molecule has 0 spiro atoms. The van der Waals surface area contributed by atoms with Gasteiger partial charge in [0.05, 0.1) is 5.60 Å². The topological polar surface area (TPSA) is 36.4 Å². The molecule has 2 rings (SSSR count). The number of anilines is 1. The molecule has 3 nitrogen and oxygen atoms in total. The van der Waals surface area contributed by atoms with Gasteiger partial charge < -0.3 is 10.0 Å². The molecule has 0 saturated carbocycles. The number of hydrogen-bond acceptors (Lipinski definition) is 3. The number of aromatic nitrogens is 1. The van der Waals surface area contributed by atoms with Crippen LogP contribution in [0.4, 0.5) is 5.69 Å². The molecule has 2 heterocycles. The molecule has 1 fully saturated rings. The summed E-state index contributed by atoms with van der Waals surface area (Å²) >= 11 is 0. The summed E-state index contributed by atoms with van der Waals surface area (Å²) in [7, 11) is 0. The number of aryl methyl sites for hydroxylation is 1. The molecule has 1 aromatic rings. The largest absolute Gasteiger partial charge is 0.386 e. The SMILES string of the molecule is Cc1cnccc1N1CC(C)(O)C1. The van der Waals surface area contributed by atoms with E-state index in [1.54, 1.807) is 6.20 Å². The summed E-state index contributed by atoms with van der Waals surface area (Å²) in [6.07, 6.45) is 3.64. The average molecular weight is 178 g/mol. The number of aliphatic hydroxyl groups is 1. The van der Waals surface area contributed by atoms with E-state index in [1.807, 2.05) is 26.1 Å². The van der Waals surface area contributed by atoms with Crippen LogP contribution in [0, 0.1) is 6.92 Å². The first-order valence-electron chi connectivity index (χ1n) is 4.46. The summed E-state index contributed by atoms with van der Waals surface area (Å²) in [5, 5.41) is 9.58. The van der Waals surface area contributed by atoms with Crippen molar-refractivity contribution < 1.29 is 5.11 Å². The third kappa shape index (κ3) is 1.52. The molecule has 0 unspecified atom stereocenters. The van der Waals surface area contributed by atoms with Gasteiger partial charge >= 0.3 is 0 Å². The number of β-amino-alcohol motifs (C(OH)–C–C–N with tert-alkyl or cyclic N) is 1. The standard InChI is InChI=1S/C10H14N2O/c1-8-5-11-4-3-9(8)12-6-10(2,13)7-12/h3-5,13H,6-7H2,1-2H3. The zero-order valence-corrected chi connectivity index (χ0v) is 7.99. The van der Waals surface area contributed by atoms with Crippen molar-refractivity contribution in [2.45, 2.75) is 19.4 Å². The molecule has 0 amide bonds. The first-order chi connectivity index (χ1) is 6.08. The van der Waals surface area contributed by atoms with Gasteiger partial charge in [0.2, 0.25) is 0 Å². The molecule has 0 radical (unpaired) electrons. The molecular weight excluding hydrogens is 164 g/mol. The highest BCUT2D eigenvalue weighted by Crippen LogP contribution is 2.28. The Balaban J connectivity index is 2.16. The van der Waals surface area contributed by atoms with Gasteiger partial charge in [-0.1, -0.05) is 0 Å². The Kier molecular flexibility index (Phi) is 1.77. The van der Waals surface area contributed by atoms with E-state index in [-0.39, 0.29) is 0 Å². The van der Waals surface area contributed by atoms with E-state index in [1.165, 1.54) is 5.69 Å². The lowest BCUT2D eigenvalue weighted by Gasteiger charge is -2.46. The Morgan fingerprint density at radius 1 is 1.54 bits per heavy atom. The number of pyridine rings is 1. The normalized spacial score (nSPS) is 19.8. The predicted octanol–water partition coefficient (Wildman–Crippen LogP) is 0.961. The van der Waals surface area contributed by atoms with Gasteiger partial charge in [0.1, 0.15) is 0 Å². The van der Waals surface area contributed by atoms with Gasteiger partial charge in [-0.25, -0.2) is 0 Å². The number of rotatable bonds is 1. The minimum atomic E-state index is -0.504. The summed E-state index contributed by atoms with van der Waals surface area (Å²) in [4.78, 5) is 6.20. The Hall–Kier alpha value is -1.09. The minimum absolute atomic E-state index is 0.504. The fraction of sp³-hybridized carbons (Fsp3) is 0.500. The summed E-state index contributed by atoms with van der Waals surface area (Å²) in [5.41, 5.74) is 1.84. The molecule has 1 aliphatic heterocycles. The fourth-order valence-corrected chi connectivity index (χ4v) is 1.77. The van der Waals surface area contributed by atoms with E-state index in [0.29, 0.717) is 0 Å². The highest BCUT2D eigenvalue weighted by molar-refractivity contribution is 5.54. The van der Waals surface area contributed by atoms with Crippen LogP contribution >= 0.6 is 0 Å². The average Bonchev–Trinajstić information content (AvgIpc) is 2.01. The van der Waals surface area contributed by atoms with E-state index in [9.17, 15) is 5.11 Å². The molecule has 70 valence electrons. The van der Waals surface area contributed by atoms with E-state index >= 15 is 0 Å². The van der Waals surface area contributed by atoms with Crippen LogP contribution in [-0.4, -0.2) is 28.8 Å². The molecule has 3 heteroatoms. The van der Waals surface area contributed by atoms with Gasteiger partial charge in [-0.05, 0) is 25.5 Å². The molecule has 0 aliphatic carbocycles. The van der Waals surface area contributed by atoms with Gasteiger partial charge in [-0.2, -0.15) is 0 Å². The zero-order chi connectivity index (χ0) is 9.47. The molecule has 1 N–H and O–H groups in total. The fourth-order valence-electron chi connectivity index (χ4n) is 1.77. The van der Waals surface area contributed by atoms with E-state index in [0.717, 1.165) is 18.7 Å². The van der Waals surface area contributed by atoms with Crippen LogP contribution < -0.4 is 4.90 Å². The smallest absolute Gasteiger partial charge is 0.0967 e. The molecule has 1 aromatic heterocycles. The van der Waals surface area contributed by atoms with Crippen molar-refractivity contribution in [3.05, 3.63) is 24.0 Å². The monoisotopic (exact) mass is 178 g/mol. The van der Waals surface area contributed by atoms with Crippen molar-refractivity contribution in [2.24, 2.45) is 0 Å². The highest BCUT2D eigenvalue weighted by atomic mass is 16.3. The summed E-state index contributed by atoms with van der Waals surface area (Å²) in [6.45, 7) is 5.34. The van der Waals surface area contributed by atoms with Crippen LogP contribution in [0.2, 0.25) is 0 Å². The Morgan fingerprint density at radius 2 is 2.23 bits per heavy atom. The summed E-state index contributed by atoms with van der Waals surface area (Å²) in [5.74, 6) is 0. The third-order valence-corrected chi connectivity index (χ3v) is 2.39. The van der Waals surface area contributed by atoms with E-state index in [2.05, 4.69) is 9.88 Å². The van der Waals surface area contributed by atoms with Crippen molar-refractivity contribution in [3.63, 3.8) is 0 Å². The van der Waals surface area contributed by atoms with Gasteiger partial charge in [-0.3, -0.25) is 4.98 Å². The van der Waals surface area contributed by atoms with Gasteiger partial charge in [-0.15, -0.1) is 0 Å². The second kappa shape index (κ2) is 2.70. The maximum absolute atomic E-state index is 9.58. The lowest BCUT2D eigenvalue weighted by atomic mass is 9.95. The van der Waals surface area contributed by atoms with Crippen LogP contribution in [0.25, 0.3) is 0 Å². The van der Waals surface area contributed by atoms with Gasteiger partial charge in [0.25, 0.3) is 0 Å². The second-order valence-corrected chi connectivity index (χ2v) is 4.02. The molecule has 0 bridgehead atoms. The molecule has 1 aliphatic rings. The number of nitrogens with zero attached hydrogens (tertiary/aromatic N) is 2. The van der Waals surface area contributed by atoms with Crippen LogP contribution in [0.5, 0.6) is 0 Å². The van der Waals surface area contributed by atoms with Crippen molar-refractivity contribution in [2.75, 3.05) is 18.0 Å². The van der Waals surface area contributed by atoms with Crippen LogP contribution in [0.15, 0.2) is 18.5 Å². The quantitative estimate of drug-likeness (QED) is 0.696. The molecule has 13 heavy (non-hydrogen) atoms. The molecule has 0 atom stereocenters. The first kappa shape index (κ1) is 8.51. The van der Waals surface area contributed by atoms with Gasteiger partial charge in [0.15, 0.2) is 0 Å². The number of hydrogen-bond donors (Lipinski definition) is 1. The molecular formula is C10H14N2O. The van der Waals surface area contributed by atoms with Gasteiger partial charge in [0, 0.05) is 31.2 Å². The van der Waals surface area contributed by atoms with E-state index < -0.39 is 5.60 Å². The molecule has 0 aromatic carbocycles. The second-order valence-electron chi connectivity index (χ2n) is 4.02. The lowest BCUT2D eigenvalue weighted by molar-refractivity contribution is 0.0310. The van der Waals surface area contributed by atoms with E-state index in [4.69, 9.17) is 0 Å². The Morgan fingerprint density at radius 3 is 2.77 bits per heavy atom. The van der Waals surface area contributed by atoms with Crippen molar-refractivity contribution in [1.82, 2.24) is 4.98 Å². The zero-order valence-electron chi connectivity index (χ0n) is 7.99. The van der Waals surface area contributed by atoms with Crippen LogP contribution in [-0.2, 0) is 0 Å². The van der Waals surface area contributed by atoms with Crippen LogP contribution in [0.3, 0.4) is 0 Å². The minimum Gasteiger partial charge on any atom is -0.386 e. The lowest BCUT2D eigenvalue weighted by Crippen LogP contribution is -2.60. The summed E-state index contributed by atoms with van der Waals surface area (Å²) < 4.78 is 0.